The smallest absolute Gasteiger partial charge is 0.479 e. The van der Waals surface area contributed by atoms with E-state index in [9.17, 15) is 19.5 Å². The highest BCUT2D eigenvalue weighted by Crippen LogP contribution is 2.48. The van der Waals surface area contributed by atoms with Crippen molar-refractivity contribution in [1.82, 2.24) is 19.6 Å². The van der Waals surface area contributed by atoms with Gasteiger partial charge in [-0.1, -0.05) is 32.9 Å². The number of hydrogen-bond acceptors (Lipinski definition) is 9. The summed E-state index contributed by atoms with van der Waals surface area (Å²) in [5.74, 6) is -1.82. The number of aliphatic carboxylic acids is 1. The SMILES string of the molecule is CCn1c(-c2cccnc2[C@H](C)OC)c(CC(C)(C)C[C@@]2(C(=O)O)[C@@H](C)CCN(C(=O)OC(C)(C)C)N2C(=O)OC(C)(C)C)c2cc(B3OC(C)(C)C(C)(C)O3)ccc21. The van der Waals surface area contributed by atoms with Crippen molar-refractivity contribution < 1.29 is 43.0 Å². The van der Waals surface area contributed by atoms with Gasteiger partial charge in [0, 0.05) is 42.9 Å². The van der Waals surface area contributed by atoms with E-state index in [1.165, 1.54) is 0 Å². The lowest BCUT2D eigenvalue weighted by Crippen LogP contribution is -2.72. The highest BCUT2D eigenvalue weighted by Gasteiger charge is 2.60. The van der Waals surface area contributed by atoms with E-state index in [4.69, 9.17) is 28.5 Å². The minimum absolute atomic E-state index is 0.0292. The first kappa shape index (κ1) is 45.9. The molecule has 2 aliphatic rings. The van der Waals surface area contributed by atoms with Gasteiger partial charge < -0.3 is 33.2 Å². The van der Waals surface area contributed by atoms with Crippen LogP contribution >= 0.6 is 0 Å². The van der Waals surface area contributed by atoms with E-state index in [2.05, 4.69) is 29.7 Å². The Balaban J connectivity index is 1.74. The second-order valence-electron chi connectivity index (χ2n) is 20.1. The molecule has 4 heterocycles. The predicted octanol–water partition coefficient (Wildman–Crippen LogP) is 8.94. The number of carboxylic acid groups (broad SMARTS) is 1. The van der Waals surface area contributed by atoms with Crippen LogP contribution in [-0.4, -0.2) is 91.5 Å². The summed E-state index contributed by atoms with van der Waals surface area (Å²) in [4.78, 5) is 47.2. The minimum Gasteiger partial charge on any atom is -0.479 e. The van der Waals surface area contributed by atoms with Crippen molar-refractivity contribution in [3.05, 3.63) is 47.8 Å². The number of fused-ring (bicyclic) bond motifs is 1. The molecule has 0 spiro atoms. The maximum Gasteiger partial charge on any atom is 0.494 e. The third kappa shape index (κ3) is 9.00. The summed E-state index contributed by atoms with van der Waals surface area (Å²) in [5, 5.41) is 14.6. The van der Waals surface area contributed by atoms with Gasteiger partial charge in [0.15, 0.2) is 5.54 Å². The summed E-state index contributed by atoms with van der Waals surface area (Å²) in [6.07, 6.45) is 0.345. The fourth-order valence-corrected chi connectivity index (χ4v) is 8.47. The van der Waals surface area contributed by atoms with Crippen molar-refractivity contribution in [2.45, 2.75) is 164 Å². The van der Waals surface area contributed by atoms with Crippen molar-refractivity contribution in [2.24, 2.45) is 11.3 Å². The molecule has 3 atom stereocenters. The van der Waals surface area contributed by atoms with Crippen LogP contribution in [0.4, 0.5) is 9.59 Å². The van der Waals surface area contributed by atoms with Crippen molar-refractivity contribution in [3.8, 4) is 11.3 Å². The molecule has 324 valence electrons. The second kappa shape index (κ2) is 16.0. The maximum atomic E-state index is 14.4. The Hall–Kier alpha value is -4.14. The predicted molar refractivity (Wildman–Crippen MR) is 229 cm³/mol. The summed E-state index contributed by atoms with van der Waals surface area (Å²) in [6.45, 7) is 29.1. The Labute approximate surface area is 351 Å². The Bertz CT molecular complexity index is 2050. The number of pyridine rings is 1. The maximum absolute atomic E-state index is 14.4. The second-order valence-corrected chi connectivity index (χ2v) is 20.1. The van der Waals surface area contributed by atoms with E-state index in [1.807, 2.05) is 67.5 Å². The van der Waals surface area contributed by atoms with E-state index < -0.39 is 64.6 Å². The molecule has 2 fully saturated rings. The van der Waals surface area contributed by atoms with Crippen LogP contribution in [0.15, 0.2) is 36.5 Å². The number of benzene rings is 1. The van der Waals surface area contributed by atoms with Crippen molar-refractivity contribution >= 4 is 41.6 Å². The van der Waals surface area contributed by atoms with Crippen LogP contribution < -0.4 is 5.46 Å². The number of aryl methyl sites for hydroxylation is 1. The van der Waals surface area contributed by atoms with Crippen LogP contribution in [0.1, 0.15) is 134 Å². The van der Waals surface area contributed by atoms with E-state index in [0.29, 0.717) is 19.4 Å². The van der Waals surface area contributed by atoms with Crippen LogP contribution in [-0.2, 0) is 41.3 Å². The average molecular weight is 819 g/mol. The molecule has 0 bridgehead atoms. The molecule has 59 heavy (non-hydrogen) atoms. The minimum atomic E-state index is -1.90. The van der Waals surface area contributed by atoms with Gasteiger partial charge in [-0.05, 0) is 143 Å². The zero-order valence-corrected chi connectivity index (χ0v) is 38.2. The van der Waals surface area contributed by atoms with Crippen LogP contribution in [0.3, 0.4) is 0 Å². The molecule has 0 aliphatic carbocycles. The molecule has 2 amide bonds. The standard InChI is InChI=1S/C45H67BN4O9/c1-17-48-34-21-20-30(46-58-43(12,13)44(14,15)59-46)25-32(34)33(36(48)31-19-18-23-47-35(31)29(3)55-16)26-42(10,11)27-45(37(51)52)28(2)22-24-49(38(53)56-40(4,5)6)50(45)39(54)57-41(7,8)9/h18-21,23,25,28-29H,17,22,24,26-27H2,1-16H3,(H,51,52)/t28-,29-,45-/m0/s1. The van der Waals surface area contributed by atoms with Gasteiger partial charge in [-0.3, -0.25) is 4.98 Å². The molecule has 13 nitrogen and oxygen atoms in total. The average Bonchev–Trinajstić information content (AvgIpc) is 3.53. The van der Waals surface area contributed by atoms with Gasteiger partial charge in [0.2, 0.25) is 0 Å². The Morgan fingerprint density at radius 2 is 1.56 bits per heavy atom. The Kier molecular flexibility index (Phi) is 12.5. The van der Waals surface area contributed by atoms with E-state index >= 15 is 0 Å². The zero-order valence-electron chi connectivity index (χ0n) is 38.2. The molecule has 0 saturated carbocycles. The number of carboxylic acids is 1. The number of amides is 2. The highest BCUT2D eigenvalue weighted by molar-refractivity contribution is 6.62. The van der Waals surface area contributed by atoms with Gasteiger partial charge in [-0.2, -0.15) is 5.01 Å². The number of carbonyl (C=O) groups excluding carboxylic acids is 2. The lowest BCUT2D eigenvalue weighted by atomic mass is 9.67. The van der Waals surface area contributed by atoms with E-state index in [1.54, 1.807) is 54.8 Å². The Morgan fingerprint density at radius 3 is 2.10 bits per heavy atom. The third-order valence-electron chi connectivity index (χ3n) is 12.0. The Morgan fingerprint density at radius 1 is 0.966 bits per heavy atom. The first-order chi connectivity index (χ1) is 27.1. The quantitative estimate of drug-likeness (QED) is 0.197. The fraction of sp³-hybridized carbons (Fsp3) is 0.644. The number of methoxy groups -OCH3 is 1. The number of hydrogen-bond donors (Lipinski definition) is 1. The van der Waals surface area contributed by atoms with Crippen LogP contribution in [0, 0.1) is 11.3 Å². The zero-order chi connectivity index (χ0) is 44.3. The van der Waals surface area contributed by atoms with Gasteiger partial charge in [-0.15, -0.1) is 0 Å². The summed E-state index contributed by atoms with van der Waals surface area (Å²) < 4.78 is 32.8. The third-order valence-corrected chi connectivity index (χ3v) is 12.0. The van der Waals surface area contributed by atoms with Crippen molar-refractivity contribution in [3.63, 3.8) is 0 Å². The number of ether oxygens (including phenoxy) is 3. The normalized spacial score (nSPS) is 21.5. The number of carbonyl (C=O) groups is 3. The number of aromatic nitrogens is 2. The summed E-state index contributed by atoms with van der Waals surface area (Å²) in [5.41, 5.74) is -0.280. The van der Waals surface area contributed by atoms with E-state index in [0.717, 1.165) is 48.9 Å². The summed E-state index contributed by atoms with van der Waals surface area (Å²) >= 11 is 0. The molecule has 0 unspecified atom stereocenters. The molecule has 1 aromatic carbocycles. The molecule has 5 rings (SSSR count). The number of rotatable bonds is 10. The molecular weight excluding hydrogens is 751 g/mol. The summed E-state index contributed by atoms with van der Waals surface area (Å²) in [6, 6.07) is 10.2. The first-order valence-electron chi connectivity index (χ1n) is 20.9. The van der Waals surface area contributed by atoms with Crippen molar-refractivity contribution in [2.75, 3.05) is 13.7 Å². The van der Waals surface area contributed by atoms with Crippen LogP contribution in [0.2, 0.25) is 0 Å². The molecule has 0 radical (unpaired) electrons. The topological polar surface area (TPSA) is 142 Å². The van der Waals surface area contributed by atoms with Crippen LogP contribution in [0.25, 0.3) is 22.2 Å². The fourth-order valence-electron chi connectivity index (χ4n) is 8.47. The lowest BCUT2D eigenvalue weighted by Gasteiger charge is -2.54. The monoisotopic (exact) mass is 819 g/mol. The van der Waals surface area contributed by atoms with Gasteiger partial charge >= 0.3 is 25.3 Å². The van der Waals surface area contributed by atoms with Gasteiger partial charge in [0.05, 0.1) is 28.7 Å². The largest absolute Gasteiger partial charge is 0.494 e. The first-order valence-corrected chi connectivity index (χ1v) is 20.9. The van der Waals surface area contributed by atoms with Crippen molar-refractivity contribution in [1.29, 1.82) is 0 Å². The molecule has 3 aromatic rings. The molecule has 2 saturated heterocycles. The summed E-state index contributed by atoms with van der Waals surface area (Å²) in [7, 11) is 1.05. The molecule has 2 aromatic heterocycles. The number of nitrogens with zero attached hydrogens (tertiary/aromatic N) is 4. The molecule has 1 N–H and O–H groups in total. The number of hydrazine groups is 1. The van der Waals surface area contributed by atoms with Crippen LogP contribution in [0.5, 0.6) is 0 Å². The molecule has 2 aliphatic heterocycles. The van der Waals surface area contributed by atoms with Gasteiger partial charge in [0.1, 0.15) is 11.2 Å². The van der Waals surface area contributed by atoms with Gasteiger partial charge in [-0.25, -0.2) is 19.4 Å². The van der Waals surface area contributed by atoms with Gasteiger partial charge in [0.25, 0.3) is 0 Å². The lowest BCUT2D eigenvalue weighted by molar-refractivity contribution is -0.189. The van der Waals surface area contributed by atoms with E-state index in [-0.39, 0.29) is 19.1 Å². The molecular formula is C45H67BN4O9. The highest BCUT2D eigenvalue weighted by atomic mass is 16.7. The molecule has 14 heteroatoms.